The van der Waals surface area contributed by atoms with Gasteiger partial charge < -0.3 is 19.9 Å². The highest BCUT2D eigenvalue weighted by Crippen LogP contribution is 2.24. The third kappa shape index (κ3) is 6.46. The van der Waals surface area contributed by atoms with Gasteiger partial charge in [-0.3, -0.25) is 9.10 Å². The van der Waals surface area contributed by atoms with Gasteiger partial charge in [-0.25, -0.2) is 8.42 Å². The molecule has 180 valence electrons. The van der Waals surface area contributed by atoms with Gasteiger partial charge in [-0.2, -0.15) is 0 Å². The van der Waals surface area contributed by atoms with Crippen molar-refractivity contribution in [2.45, 2.75) is 18.2 Å². The van der Waals surface area contributed by atoms with Crippen molar-refractivity contribution in [1.29, 1.82) is 0 Å². The molecule has 3 rings (SSSR count). The van der Waals surface area contributed by atoms with E-state index in [2.05, 4.69) is 22.0 Å². The summed E-state index contributed by atoms with van der Waals surface area (Å²) in [7, 11) is -0.767. The first-order valence-electron chi connectivity index (χ1n) is 11.3. The van der Waals surface area contributed by atoms with E-state index in [1.54, 1.807) is 43.5 Å². The molecule has 0 spiro atoms. The average molecular weight is 475 g/mol. The monoisotopic (exact) mass is 474 g/mol. The first-order chi connectivity index (χ1) is 15.8. The van der Waals surface area contributed by atoms with Gasteiger partial charge in [0, 0.05) is 45.3 Å². The molecule has 2 aromatic carbocycles. The molecule has 1 fully saturated rings. The number of carbonyl (C=O) groups is 1. The highest BCUT2D eigenvalue weighted by atomic mass is 32.2. The zero-order chi connectivity index (χ0) is 23.8. The van der Waals surface area contributed by atoms with Gasteiger partial charge in [0.05, 0.1) is 17.7 Å². The summed E-state index contributed by atoms with van der Waals surface area (Å²) in [6, 6.07) is 12.9. The molecule has 2 aromatic rings. The van der Waals surface area contributed by atoms with Gasteiger partial charge in [-0.05, 0) is 62.0 Å². The molecule has 1 amide bonds. The highest BCUT2D eigenvalue weighted by Gasteiger charge is 2.22. The van der Waals surface area contributed by atoms with Crippen LogP contribution in [0.1, 0.15) is 23.7 Å². The normalized spacial score (nSPS) is 15.2. The summed E-state index contributed by atoms with van der Waals surface area (Å²) in [6.45, 7) is 9.07. The molecule has 0 saturated carbocycles. The summed E-state index contributed by atoms with van der Waals surface area (Å²) in [4.78, 5) is 17.5. The van der Waals surface area contributed by atoms with E-state index < -0.39 is 10.0 Å². The van der Waals surface area contributed by atoms with Crippen molar-refractivity contribution < 1.29 is 17.9 Å². The van der Waals surface area contributed by atoms with Gasteiger partial charge in [0.25, 0.3) is 15.9 Å². The molecular formula is C24H34N4O4S. The van der Waals surface area contributed by atoms with Crippen LogP contribution in [0.4, 0.5) is 5.69 Å². The number of benzene rings is 2. The molecule has 0 atom stereocenters. The van der Waals surface area contributed by atoms with Crippen molar-refractivity contribution in [2.75, 3.05) is 64.3 Å². The zero-order valence-electron chi connectivity index (χ0n) is 19.7. The van der Waals surface area contributed by atoms with E-state index in [1.165, 1.54) is 23.5 Å². The second-order valence-electron chi connectivity index (χ2n) is 8.08. The van der Waals surface area contributed by atoms with E-state index in [1.807, 2.05) is 0 Å². The fraction of sp³-hybridized carbons (Fsp3) is 0.458. The van der Waals surface area contributed by atoms with Crippen LogP contribution in [0.25, 0.3) is 0 Å². The number of nitrogens with zero attached hydrogens (tertiary/aromatic N) is 3. The smallest absolute Gasteiger partial charge is 0.264 e. The van der Waals surface area contributed by atoms with Crippen LogP contribution in [-0.2, 0) is 10.0 Å². The molecule has 1 heterocycles. The Bertz CT molecular complexity index is 1020. The molecule has 33 heavy (non-hydrogen) atoms. The molecule has 0 bridgehead atoms. The number of nitrogens with one attached hydrogen (secondary N) is 1. The quantitative estimate of drug-likeness (QED) is 0.532. The minimum Gasteiger partial charge on any atom is -0.497 e. The Balaban J connectivity index is 1.56. The number of likely N-dealkylation sites (N-methyl/N-ethyl adjacent to an activating group) is 1. The van der Waals surface area contributed by atoms with Gasteiger partial charge in [0.2, 0.25) is 0 Å². The van der Waals surface area contributed by atoms with Crippen LogP contribution in [0, 0.1) is 0 Å². The molecule has 0 unspecified atom stereocenters. The summed E-state index contributed by atoms with van der Waals surface area (Å²) in [5.74, 6) is 0.376. The maximum atomic E-state index is 13.1. The lowest BCUT2D eigenvalue weighted by atomic mass is 10.2. The van der Waals surface area contributed by atoms with E-state index in [4.69, 9.17) is 4.74 Å². The van der Waals surface area contributed by atoms with Gasteiger partial charge in [0.15, 0.2) is 0 Å². The molecule has 8 nitrogen and oxygen atoms in total. The van der Waals surface area contributed by atoms with Crippen LogP contribution in [0.5, 0.6) is 5.75 Å². The van der Waals surface area contributed by atoms with Crippen molar-refractivity contribution in [3.05, 3.63) is 54.1 Å². The minimum atomic E-state index is -3.81. The third-order valence-electron chi connectivity index (χ3n) is 6.04. The Hall–Kier alpha value is -2.62. The second-order valence-corrected chi connectivity index (χ2v) is 10.1. The number of anilines is 1. The van der Waals surface area contributed by atoms with E-state index in [0.717, 1.165) is 45.7 Å². The zero-order valence-corrected chi connectivity index (χ0v) is 20.5. The van der Waals surface area contributed by atoms with Crippen LogP contribution in [0.15, 0.2) is 53.4 Å². The van der Waals surface area contributed by atoms with Crippen LogP contribution in [0.2, 0.25) is 0 Å². The van der Waals surface area contributed by atoms with Crippen LogP contribution >= 0.6 is 0 Å². The Kier molecular flexibility index (Phi) is 8.71. The molecule has 1 saturated heterocycles. The SMILES string of the molecule is CCN1CCN(CCCNC(=O)c2cccc(S(=O)(=O)N(C)c3ccc(OC)cc3)c2)CC1. The first kappa shape index (κ1) is 25.0. The van der Waals surface area contributed by atoms with Crippen molar-refractivity contribution in [2.24, 2.45) is 0 Å². The van der Waals surface area contributed by atoms with Crippen molar-refractivity contribution in [1.82, 2.24) is 15.1 Å². The van der Waals surface area contributed by atoms with Gasteiger partial charge in [-0.1, -0.05) is 13.0 Å². The fourth-order valence-corrected chi connectivity index (χ4v) is 5.06. The molecule has 1 aliphatic rings. The molecule has 0 aromatic heterocycles. The lowest BCUT2D eigenvalue weighted by molar-refractivity contribution is 0.0948. The molecule has 0 radical (unpaired) electrons. The number of hydrogen-bond acceptors (Lipinski definition) is 6. The average Bonchev–Trinajstić information content (AvgIpc) is 2.86. The van der Waals surface area contributed by atoms with Crippen LogP contribution in [-0.4, -0.2) is 84.1 Å². The number of rotatable bonds is 10. The predicted molar refractivity (Wildman–Crippen MR) is 131 cm³/mol. The largest absolute Gasteiger partial charge is 0.497 e. The maximum absolute atomic E-state index is 13.1. The summed E-state index contributed by atoms with van der Waals surface area (Å²) >= 11 is 0. The standard InChI is InChI=1S/C24H34N4O4S/c1-4-27-15-17-28(18-16-27)14-6-13-25-24(29)20-7-5-8-23(19-20)33(30,31)26(2)21-9-11-22(32-3)12-10-21/h5,7-12,19H,4,6,13-18H2,1-3H3,(H,25,29). The number of methoxy groups -OCH3 is 1. The summed E-state index contributed by atoms with van der Waals surface area (Å²) in [5.41, 5.74) is 0.834. The van der Waals surface area contributed by atoms with E-state index in [0.29, 0.717) is 23.5 Å². The van der Waals surface area contributed by atoms with Crippen LogP contribution in [0.3, 0.4) is 0 Å². The molecule has 0 aliphatic carbocycles. The highest BCUT2D eigenvalue weighted by molar-refractivity contribution is 7.92. The second kappa shape index (κ2) is 11.5. The summed E-state index contributed by atoms with van der Waals surface area (Å²) in [6.07, 6.45) is 0.857. The lowest BCUT2D eigenvalue weighted by Crippen LogP contribution is -2.46. The van der Waals surface area contributed by atoms with Crippen molar-refractivity contribution in [3.8, 4) is 5.75 Å². The molecule has 9 heteroatoms. The molecule has 1 N–H and O–H groups in total. The number of hydrogen-bond donors (Lipinski definition) is 1. The number of amides is 1. The Morgan fingerprint density at radius 3 is 2.36 bits per heavy atom. The van der Waals surface area contributed by atoms with E-state index in [-0.39, 0.29) is 10.8 Å². The summed E-state index contributed by atoms with van der Waals surface area (Å²) in [5, 5.41) is 2.91. The van der Waals surface area contributed by atoms with Gasteiger partial charge >= 0.3 is 0 Å². The van der Waals surface area contributed by atoms with Crippen molar-refractivity contribution >= 4 is 21.6 Å². The number of sulfonamides is 1. The van der Waals surface area contributed by atoms with E-state index in [9.17, 15) is 13.2 Å². The van der Waals surface area contributed by atoms with Gasteiger partial charge in [0.1, 0.15) is 5.75 Å². The topological polar surface area (TPSA) is 82.2 Å². The number of carbonyl (C=O) groups excluding carboxylic acids is 1. The Morgan fingerprint density at radius 2 is 1.73 bits per heavy atom. The predicted octanol–water partition coefficient (Wildman–Crippen LogP) is 2.28. The lowest BCUT2D eigenvalue weighted by Gasteiger charge is -2.33. The van der Waals surface area contributed by atoms with E-state index >= 15 is 0 Å². The third-order valence-corrected chi connectivity index (χ3v) is 7.82. The minimum absolute atomic E-state index is 0.0715. The number of piperazine rings is 1. The Morgan fingerprint density at radius 1 is 1.06 bits per heavy atom. The first-order valence-corrected chi connectivity index (χ1v) is 12.7. The maximum Gasteiger partial charge on any atom is 0.264 e. The fourth-order valence-electron chi connectivity index (χ4n) is 3.82. The summed E-state index contributed by atoms with van der Waals surface area (Å²) < 4.78 is 32.5. The van der Waals surface area contributed by atoms with Crippen molar-refractivity contribution in [3.63, 3.8) is 0 Å². The number of ether oxygens (including phenoxy) is 1. The molecule has 1 aliphatic heterocycles. The Labute approximate surface area is 197 Å². The molecular weight excluding hydrogens is 440 g/mol. The van der Waals surface area contributed by atoms with Gasteiger partial charge in [-0.15, -0.1) is 0 Å². The van der Waals surface area contributed by atoms with Crippen LogP contribution < -0.4 is 14.4 Å².